The zero-order valence-electron chi connectivity index (χ0n) is 4.23. The van der Waals surface area contributed by atoms with Gasteiger partial charge in [-0.3, -0.25) is 4.79 Å². The van der Waals surface area contributed by atoms with Gasteiger partial charge in [0.25, 0.3) is 0 Å². The number of halogens is 2. The molecule has 0 saturated carbocycles. The van der Waals surface area contributed by atoms with Crippen molar-refractivity contribution < 1.29 is 4.79 Å². The third kappa shape index (κ3) is 3.10. The quantitative estimate of drug-likeness (QED) is 0.468. The molecular formula is C4H7Cl2NO. The van der Waals surface area contributed by atoms with Crippen LogP contribution in [-0.4, -0.2) is 24.2 Å². The molecule has 0 atom stereocenters. The first-order chi connectivity index (χ1) is 3.85. The molecule has 0 aliphatic heterocycles. The molecular weight excluding hydrogens is 149 g/mol. The fourth-order valence-electron chi connectivity index (χ4n) is 0.227. The Hall–Kier alpha value is 0.0500. The summed E-state index contributed by atoms with van der Waals surface area (Å²) in [6, 6.07) is -0.0872. The fraction of sp³-hybridized carbons (Fsp3) is 0.750. The molecule has 1 amide bonds. The second-order valence-corrected chi connectivity index (χ2v) is 1.91. The lowest BCUT2D eigenvalue weighted by atomic mass is 10.4. The van der Waals surface area contributed by atoms with E-state index in [0.29, 0.717) is 18.2 Å². The largest absolute Gasteiger partial charge is 0.354 e. The molecule has 0 saturated heterocycles. The monoisotopic (exact) mass is 155 g/mol. The van der Waals surface area contributed by atoms with E-state index in [1.807, 2.05) is 0 Å². The highest BCUT2D eigenvalue weighted by Crippen LogP contribution is 1.89. The summed E-state index contributed by atoms with van der Waals surface area (Å²) in [5, 5.41) is 2.44. The van der Waals surface area contributed by atoms with Gasteiger partial charge in [-0.2, -0.15) is 0 Å². The van der Waals surface area contributed by atoms with Gasteiger partial charge < -0.3 is 5.32 Å². The van der Waals surface area contributed by atoms with Gasteiger partial charge in [-0.1, -0.05) is 0 Å². The summed E-state index contributed by atoms with van der Waals surface area (Å²) in [5.41, 5.74) is 0. The van der Waals surface area contributed by atoms with Gasteiger partial charge >= 0.3 is 0 Å². The Bertz CT molecular complexity index is 65.1. The van der Waals surface area contributed by atoms with Crippen molar-refractivity contribution >= 4 is 29.6 Å². The third-order valence-corrected chi connectivity index (χ3v) is 1.42. The molecule has 0 aliphatic carbocycles. The first-order valence-corrected chi connectivity index (χ1v) is 3.23. The standard InChI is InChI=1S/C4H7Cl2NO/c5-1-4(2-6)7-3-8/h3-4H,1-2H2,(H,7,8). The number of amides is 1. The maximum absolute atomic E-state index is 9.70. The predicted octanol–water partition coefficient (Wildman–Crippen LogP) is 0.579. The molecule has 1 N–H and O–H groups in total. The minimum atomic E-state index is -0.0872. The van der Waals surface area contributed by atoms with E-state index >= 15 is 0 Å². The zero-order chi connectivity index (χ0) is 6.41. The van der Waals surface area contributed by atoms with Gasteiger partial charge in [-0.05, 0) is 0 Å². The van der Waals surface area contributed by atoms with Gasteiger partial charge in [0.05, 0.1) is 6.04 Å². The van der Waals surface area contributed by atoms with Crippen LogP contribution < -0.4 is 5.32 Å². The second-order valence-electron chi connectivity index (χ2n) is 1.29. The van der Waals surface area contributed by atoms with Crippen molar-refractivity contribution in [2.75, 3.05) is 11.8 Å². The lowest BCUT2D eigenvalue weighted by Crippen LogP contribution is -2.30. The lowest BCUT2D eigenvalue weighted by molar-refractivity contribution is -0.109. The van der Waals surface area contributed by atoms with Crippen LogP contribution >= 0.6 is 23.2 Å². The molecule has 4 heteroatoms. The summed E-state index contributed by atoms with van der Waals surface area (Å²) in [4.78, 5) is 9.70. The summed E-state index contributed by atoms with van der Waals surface area (Å²) in [6.07, 6.45) is 0.593. The van der Waals surface area contributed by atoms with E-state index in [1.54, 1.807) is 0 Å². The van der Waals surface area contributed by atoms with Gasteiger partial charge in [0.2, 0.25) is 6.41 Å². The number of nitrogens with one attached hydrogen (secondary N) is 1. The Labute approximate surface area is 58.2 Å². The van der Waals surface area contributed by atoms with Crippen LogP contribution in [-0.2, 0) is 4.79 Å². The number of hydrogen-bond donors (Lipinski definition) is 1. The summed E-state index contributed by atoms with van der Waals surface area (Å²) in [7, 11) is 0. The highest BCUT2D eigenvalue weighted by atomic mass is 35.5. The Morgan fingerprint density at radius 1 is 1.50 bits per heavy atom. The Morgan fingerprint density at radius 3 is 2.12 bits per heavy atom. The SMILES string of the molecule is O=CNC(CCl)CCl. The number of rotatable bonds is 4. The van der Waals surface area contributed by atoms with Crippen molar-refractivity contribution in [1.82, 2.24) is 5.32 Å². The average molecular weight is 156 g/mol. The maximum atomic E-state index is 9.70. The normalized spacial score (nSPS) is 9.38. The molecule has 0 unspecified atom stereocenters. The fourth-order valence-corrected chi connectivity index (χ4v) is 0.735. The molecule has 0 aromatic carbocycles. The molecule has 0 aromatic heterocycles. The molecule has 0 radical (unpaired) electrons. The molecule has 48 valence electrons. The Kier molecular flexibility index (Phi) is 5.22. The first-order valence-electron chi connectivity index (χ1n) is 2.16. The average Bonchev–Trinajstić information content (AvgIpc) is 1.83. The van der Waals surface area contributed by atoms with Crippen LogP contribution in [0.1, 0.15) is 0 Å². The Morgan fingerprint density at radius 2 is 2.00 bits per heavy atom. The van der Waals surface area contributed by atoms with E-state index < -0.39 is 0 Å². The molecule has 0 heterocycles. The number of carbonyl (C=O) groups is 1. The van der Waals surface area contributed by atoms with Crippen molar-refractivity contribution in [3.8, 4) is 0 Å². The van der Waals surface area contributed by atoms with Crippen molar-refractivity contribution in [3.05, 3.63) is 0 Å². The van der Waals surface area contributed by atoms with Crippen LogP contribution in [0, 0.1) is 0 Å². The van der Waals surface area contributed by atoms with Crippen molar-refractivity contribution in [1.29, 1.82) is 0 Å². The first kappa shape index (κ1) is 8.05. The van der Waals surface area contributed by atoms with Gasteiger partial charge in [0.1, 0.15) is 0 Å². The number of alkyl halides is 2. The topological polar surface area (TPSA) is 29.1 Å². The van der Waals surface area contributed by atoms with E-state index in [9.17, 15) is 4.79 Å². The van der Waals surface area contributed by atoms with E-state index in [0.717, 1.165) is 0 Å². The maximum Gasteiger partial charge on any atom is 0.207 e. The molecule has 0 aromatic rings. The molecule has 0 aliphatic rings. The van der Waals surface area contributed by atoms with E-state index in [4.69, 9.17) is 23.2 Å². The summed E-state index contributed by atoms with van der Waals surface area (Å²) in [5.74, 6) is 0.727. The van der Waals surface area contributed by atoms with Gasteiger partial charge in [0, 0.05) is 11.8 Å². The van der Waals surface area contributed by atoms with Crippen LogP contribution in [0.5, 0.6) is 0 Å². The van der Waals surface area contributed by atoms with Crippen molar-refractivity contribution in [2.24, 2.45) is 0 Å². The van der Waals surface area contributed by atoms with Gasteiger partial charge in [0.15, 0.2) is 0 Å². The summed E-state index contributed by atoms with van der Waals surface area (Å²) >= 11 is 10.7. The number of hydrogen-bond acceptors (Lipinski definition) is 1. The molecule has 0 bridgehead atoms. The Balaban J connectivity index is 3.20. The molecule has 8 heavy (non-hydrogen) atoms. The highest BCUT2D eigenvalue weighted by Gasteiger charge is 2.00. The van der Waals surface area contributed by atoms with Crippen molar-refractivity contribution in [2.45, 2.75) is 6.04 Å². The molecule has 0 fully saturated rings. The van der Waals surface area contributed by atoms with E-state index in [-0.39, 0.29) is 6.04 Å². The van der Waals surface area contributed by atoms with Crippen molar-refractivity contribution in [3.63, 3.8) is 0 Å². The van der Waals surface area contributed by atoms with Gasteiger partial charge in [-0.25, -0.2) is 0 Å². The zero-order valence-corrected chi connectivity index (χ0v) is 5.74. The smallest absolute Gasteiger partial charge is 0.207 e. The summed E-state index contributed by atoms with van der Waals surface area (Å²) in [6.45, 7) is 0. The van der Waals surface area contributed by atoms with Crippen LogP contribution in [0.4, 0.5) is 0 Å². The second kappa shape index (κ2) is 5.19. The van der Waals surface area contributed by atoms with Gasteiger partial charge in [-0.15, -0.1) is 23.2 Å². The molecule has 2 nitrogen and oxygen atoms in total. The van der Waals surface area contributed by atoms with Crippen LogP contribution in [0.15, 0.2) is 0 Å². The minimum Gasteiger partial charge on any atom is -0.354 e. The molecule has 0 spiro atoms. The predicted molar refractivity (Wildman–Crippen MR) is 34.4 cm³/mol. The highest BCUT2D eigenvalue weighted by molar-refractivity contribution is 6.21. The molecule has 0 rings (SSSR count). The number of carbonyl (C=O) groups excluding carboxylic acids is 1. The van der Waals surface area contributed by atoms with E-state index in [2.05, 4.69) is 5.32 Å². The third-order valence-electron chi connectivity index (χ3n) is 0.676. The van der Waals surface area contributed by atoms with Crippen LogP contribution in [0.25, 0.3) is 0 Å². The lowest BCUT2D eigenvalue weighted by Gasteiger charge is -2.05. The summed E-state index contributed by atoms with van der Waals surface area (Å²) < 4.78 is 0. The van der Waals surface area contributed by atoms with Crippen LogP contribution in [0.3, 0.4) is 0 Å². The van der Waals surface area contributed by atoms with Crippen LogP contribution in [0.2, 0.25) is 0 Å². The minimum absolute atomic E-state index is 0.0872. The van der Waals surface area contributed by atoms with E-state index in [1.165, 1.54) is 0 Å².